The van der Waals surface area contributed by atoms with Crippen molar-refractivity contribution >= 4 is 11.9 Å². The summed E-state index contributed by atoms with van der Waals surface area (Å²) in [5, 5.41) is 2.90. The van der Waals surface area contributed by atoms with Crippen LogP contribution in [0.25, 0.3) is 0 Å². The van der Waals surface area contributed by atoms with E-state index < -0.39 is 5.54 Å². The summed E-state index contributed by atoms with van der Waals surface area (Å²) in [7, 11) is 1.54. The number of imide groups is 1. The monoisotopic (exact) mass is 316 g/mol. The van der Waals surface area contributed by atoms with Gasteiger partial charge in [0, 0.05) is 37.9 Å². The van der Waals surface area contributed by atoms with E-state index in [4.69, 9.17) is 0 Å². The van der Waals surface area contributed by atoms with Crippen molar-refractivity contribution in [2.45, 2.75) is 38.3 Å². The third-order valence-corrected chi connectivity index (χ3v) is 5.43. The predicted molar refractivity (Wildman–Crippen MR) is 86.7 cm³/mol. The van der Waals surface area contributed by atoms with Gasteiger partial charge in [0.2, 0.25) is 0 Å². The number of rotatable bonds is 3. The van der Waals surface area contributed by atoms with Gasteiger partial charge in [0.15, 0.2) is 0 Å². The molecule has 2 aliphatic heterocycles. The molecule has 2 saturated heterocycles. The van der Waals surface area contributed by atoms with Crippen molar-refractivity contribution in [2.24, 2.45) is 5.92 Å². The fourth-order valence-corrected chi connectivity index (χ4v) is 3.76. The SMILES string of the molecule is C[C@H](c1ccncc1)N1CCC[C@@H]([C@@]2(C)NC(=O)N(C)C2=O)C1. The van der Waals surface area contributed by atoms with Gasteiger partial charge in [-0.3, -0.25) is 19.6 Å². The van der Waals surface area contributed by atoms with E-state index in [1.54, 1.807) is 7.05 Å². The lowest BCUT2D eigenvalue weighted by Gasteiger charge is -2.42. The highest BCUT2D eigenvalue weighted by Gasteiger charge is 2.52. The Bertz CT molecular complexity index is 606. The van der Waals surface area contributed by atoms with Crippen LogP contribution >= 0.6 is 0 Å². The van der Waals surface area contributed by atoms with Crippen LogP contribution < -0.4 is 5.32 Å². The second-order valence-electron chi connectivity index (χ2n) is 6.79. The molecule has 0 spiro atoms. The van der Waals surface area contributed by atoms with Gasteiger partial charge in [-0.05, 0) is 50.9 Å². The number of urea groups is 1. The van der Waals surface area contributed by atoms with Crippen molar-refractivity contribution in [3.63, 3.8) is 0 Å². The Hall–Kier alpha value is -1.95. The van der Waals surface area contributed by atoms with Gasteiger partial charge < -0.3 is 5.32 Å². The molecule has 0 aliphatic carbocycles. The summed E-state index contributed by atoms with van der Waals surface area (Å²) < 4.78 is 0. The zero-order chi connectivity index (χ0) is 16.6. The van der Waals surface area contributed by atoms with Crippen LogP contribution in [0, 0.1) is 5.92 Å². The van der Waals surface area contributed by atoms with Gasteiger partial charge in [0.1, 0.15) is 5.54 Å². The van der Waals surface area contributed by atoms with Gasteiger partial charge in [0.25, 0.3) is 5.91 Å². The number of hydrogen-bond donors (Lipinski definition) is 1. The van der Waals surface area contributed by atoms with Crippen LogP contribution in [-0.2, 0) is 4.79 Å². The molecule has 3 atom stereocenters. The third kappa shape index (κ3) is 2.72. The Morgan fingerprint density at radius 3 is 2.65 bits per heavy atom. The average Bonchev–Trinajstić information content (AvgIpc) is 2.79. The predicted octanol–water partition coefficient (Wildman–Crippen LogP) is 1.79. The lowest BCUT2D eigenvalue weighted by molar-refractivity contribution is -0.132. The molecule has 2 aliphatic rings. The summed E-state index contributed by atoms with van der Waals surface area (Å²) in [4.78, 5) is 32.0. The Balaban J connectivity index is 1.76. The second kappa shape index (κ2) is 5.92. The maximum Gasteiger partial charge on any atom is 0.324 e. The molecule has 124 valence electrons. The van der Waals surface area contributed by atoms with Crippen molar-refractivity contribution in [1.29, 1.82) is 0 Å². The van der Waals surface area contributed by atoms with Gasteiger partial charge in [0.05, 0.1) is 0 Å². The van der Waals surface area contributed by atoms with Gasteiger partial charge in [-0.25, -0.2) is 4.79 Å². The van der Waals surface area contributed by atoms with E-state index in [0.29, 0.717) is 0 Å². The lowest BCUT2D eigenvalue weighted by Crippen LogP contribution is -2.56. The molecule has 6 heteroatoms. The molecule has 1 aromatic rings. The minimum atomic E-state index is -0.789. The first-order valence-electron chi connectivity index (χ1n) is 8.17. The van der Waals surface area contributed by atoms with E-state index >= 15 is 0 Å². The molecule has 0 radical (unpaired) electrons. The first-order valence-corrected chi connectivity index (χ1v) is 8.17. The number of nitrogens with one attached hydrogen (secondary N) is 1. The Labute approximate surface area is 136 Å². The first kappa shape index (κ1) is 15.9. The fraction of sp³-hybridized carbons (Fsp3) is 0.588. The molecule has 2 fully saturated rings. The number of carbonyl (C=O) groups excluding carboxylic acids is 2. The van der Waals surface area contributed by atoms with Crippen LogP contribution in [0.5, 0.6) is 0 Å². The highest BCUT2D eigenvalue weighted by Crippen LogP contribution is 2.34. The number of likely N-dealkylation sites (tertiary alicyclic amines) is 1. The third-order valence-electron chi connectivity index (χ3n) is 5.43. The van der Waals surface area contributed by atoms with E-state index in [2.05, 4.69) is 22.1 Å². The topological polar surface area (TPSA) is 65.5 Å². The molecule has 1 aromatic heterocycles. The Morgan fingerprint density at radius 1 is 1.35 bits per heavy atom. The van der Waals surface area contributed by atoms with Gasteiger partial charge >= 0.3 is 6.03 Å². The summed E-state index contributed by atoms with van der Waals surface area (Å²) in [5.41, 5.74) is 0.437. The quantitative estimate of drug-likeness (QED) is 0.864. The van der Waals surface area contributed by atoms with Crippen LogP contribution in [0.4, 0.5) is 4.79 Å². The van der Waals surface area contributed by atoms with Crippen molar-refractivity contribution in [3.05, 3.63) is 30.1 Å². The molecule has 0 aromatic carbocycles. The number of amides is 3. The zero-order valence-electron chi connectivity index (χ0n) is 14.0. The summed E-state index contributed by atoms with van der Waals surface area (Å²) in [6.45, 7) is 5.86. The molecule has 6 nitrogen and oxygen atoms in total. The van der Waals surface area contributed by atoms with Crippen LogP contribution in [0.15, 0.2) is 24.5 Å². The molecule has 0 unspecified atom stereocenters. The van der Waals surface area contributed by atoms with Gasteiger partial charge in [-0.2, -0.15) is 0 Å². The molecule has 23 heavy (non-hydrogen) atoms. The van der Waals surface area contributed by atoms with Gasteiger partial charge in [-0.1, -0.05) is 0 Å². The van der Waals surface area contributed by atoms with Crippen molar-refractivity contribution in [2.75, 3.05) is 20.1 Å². The highest BCUT2D eigenvalue weighted by molar-refractivity contribution is 6.06. The molecule has 0 bridgehead atoms. The number of nitrogens with zero attached hydrogens (tertiary/aromatic N) is 3. The number of carbonyl (C=O) groups is 2. The Kier molecular flexibility index (Phi) is 4.10. The van der Waals surface area contributed by atoms with Crippen molar-refractivity contribution in [3.8, 4) is 0 Å². The van der Waals surface area contributed by atoms with E-state index in [0.717, 1.165) is 25.9 Å². The van der Waals surface area contributed by atoms with E-state index in [1.807, 2.05) is 31.5 Å². The number of aromatic nitrogens is 1. The smallest absolute Gasteiger partial charge is 0.323 e. The van der Waals surface area contributed by atoms with Crippen molar-refractivity contribution in [1.82, 2.24) is 20.1 Å². The summed E-state index contributed by atoms with van der Waals surface area (Å²) in [6.07, 6.45) is 5.60. The van der Waals surface area contributed by atoms with Crippen LogP contribution in [0.3, 0.4) is 0 Å². The minimum Gasteiger partial charge on any atom is -0.323 e. The minimum absolute atomic E-state index is 0.120. The van der Waals surface area contributed by atoms with E-state index in [9.17, 15) is 9.59 Å². The normalized spacial score (nSPS) is 30.4. The largest absolute Gasteiger partial charge is 0.324 e. The average molecular weight is 316 g/mol. The maximum atomic E-state index is 12.5. The number of piperidine rings is 1. The zero-order valence-corrected chi connectivity index (χ0v) is 14.0. The van der Waals surface area contributed by atoms with Crippen LogP contribution in [0.2, 0.25) is 0 Å². The Morgan fingerprint density at radius 2 is 2.04 bits per heavy atom. The molecule has 3 rings (SSSR count). The molecule has 3 heterocycles. The summed E-state index contributed by atoms with van der Waals surface area (Å²) >= 11 is 0. The fourth-order valence-electron chi connectivity index (χ4n) is 3.76. The number of pyridine rings is 1. The van der Waals surface area contributed by atoms with E-state index in [1.165, 1.54) is 10.5 Å². The van der Waals surface area contributed by atoms with Crippen LogP contribution in [-0.4, -0.2) is 52.4 Å². The molecule has 0 saturated carbocycles. The highest BCUT2D eigenvalue weighted by atomic mass is 16.2. The second-order valence-corrected chi connectivity index (χ2v) is 6.79. The standard InChI is InChI=1S/C17H24N4O2/c1-12(13-6-8-18-9-7-13)21-10-4-5-14(11-21)17(2)15(22)20(3)16(23)19-17/h6-9,12,14H,4-5,10-11H2,1-3H3,(H,19,23)/t12-,14-,17-/m1/s1. The van der Waals surface area contributed by atoms with Crippen molar-refractivity contribution < 1.29 is 9.59 Å². The van der Waals surface area contributed by atoms with Crippen LogP contribution in [0.1, 0.15) is 38.3 Å². The first-order chi connectivity index (χ1) is 10.9. The summed E-state index contributed by atoms with van der Waals surface area (Å²) in [5.74, 6) is 0.00727. The molecule has 3 amide bonds. The molecular formula is C17H24N4O2. The maximum absolute atomic E-state index is 12.5. The molecule has 1 N–H and O–H groups in total. The summed E-state index contributed by atoms with van der Waals surface area (Å²) in [6, 6.07) is 4.05. The molecular weight excluding hydrogens is 292 g/mol. The lowest BCUT2D eigenvalue weighted by atomic mass is 9.79. The van der Waals surface area contributed by atoms with Gasteiger partial charge in [-0.15, -0.1) is 0 Å². The number of hydrogen-bond acceptors (Lipinski definition) is 4. The number of likely N-dealkylation sites (N-methyl/N-ethyl adjacent to an activating group) is 1. The van der Waals surface area contributed by atoms with E-state index in [-0.39, 0.29) is 23.9 Å².